The second-order valence-electron chi connectivity index (χ2n) is 8.42. The van der Waals surface area contributed by atoms with Crippen LogP contribution in [0.4, 0.5) is 0 Å². The molecule has 1 aromatic rings. The molecule has 1 saturated heterocycles. The van der Waals surface area contributed by atoms with E-state index in [1.165, 1.54) is 31.7 Å². The van der Waals surface area contributed by atoms with E-state index in [4.69, 9.17) is 9.73 Å². The maximum absolute atomic E-state index is 5.85. The van der Waals surface area contributed by atoms with E-state index >= 15 is 0 Å². The fraction of sp³-hybridized carbons (Fsp3) is 0.696. The summed E-state index contributed by atoms with van der Waals surface area (Å²) in [4.78, 5) is 9.74. The summed E-state index contributed by atoms with van der Waals surface area (Å²) in [5.74, 6) is 1.89. The third-order valence-corrected chi connectivity index (χ3v) is 5.20. The highest BCUT2D eigenvalue weighted by Crippen LogP contribution is 2.05. The smallest absolute Gasteiger partial charge is 0.191 e. The van der Waals surface area contributed by atoms with Gasteiger partial charge in [-0.1, -0.05) is 44.2 Å². The first kappa shape index (κ1) is 23.6. The van der Waals surface area contributed by atoms with Crippen molar-refractivity contribution in [3.05, 3.63) is 35.9 Å². The van der Waals surface area contributed by atoms with Gasteiger partial charge in [-0.25, -0.2) is 0 Å². The van der Waals surface area contributed by atoms with Gasteiger partial charge in [-0.3, -0.25) is 4.99 Å². The summed E-state index contributed by atoms with van der Waals surface area (Å²) in [5.41, 5.74) is 1.22. The summed E-state index contributed by atoms with van der Waals surface area (Å²) < 4.78 is 5.85. The Labute approximate surface area is 177 Å². The van der Waals surface area contributed by atoms with Crippen molar-refractivity contribution in [2.45, 2.75) is 27.4 Å². The molecule has 29 heavy (non-hydrogen) atoms. The van der Waals surface area contributed by atoms with Crippen molar-refractivity contribution >= 4 is 5.96 Å². The number of ether oxygens (including phenoxy) is 1. The topological polar surface area (TPSA) is 52.1 Å². The van der Waals surface area contributed by atoms with Crippen molar-refractivity contribution in [3.8, 4) is 0 Å². The van der Waals surface area contributed by atoms with Gasteiger partial charge in [-0.05, 0) is 31.4 Å². The lowest BCUT2D eigenvalue weighted by Gasteiger charge is -2.34. The number of rotatable bonds is 11. The van der Waals surface area contributed by atoms with E-state index in [9.17, 15) is 0 Å². The normalized spacial score (nSPS) is 18.4. The molecular formula is C23H41N5O. The number of benzene rings is 1. The molecule has 1 fully saturated rings. The number of likely N-dealkylation sites (N-methyl/N-ethyl adjacent to an activating group) is 1. The van der Waals surface area contributed by atoms with Gasteiger partial charge in [0, 0.05) is 52.4 Å². The van der Waals surface area contributed by atoms with Gasteiger partial charge in [0.15, 0.2) is 5.96 Å². The maximum Gasteiger partial charge on any atom is 0.191 e. The molecule has 6 nitrogen and oxygen atoms in total. The van der Waals surface area contributed by atoms with Crippen LogP contribution < -0.4 is 10.6 Å². The molecule has 1 aliphatic heterocycles. The molecule has 0 spiro atoms. The first-order chi connectivity index (χ1) is 14.1. The highest BCUT2D eigenvalue weighted by Gasteiger charge is 2.16. The summed E-state index contributed by atoms with van der Waals surface area (Å²) in [6, 6.07) is 10.3. The van der Waals surface area contributed by atoms with Crippen molar-refractivity contribution in [2.75, 3.05) is 66.0 Å². The zero-order chi connectivity index (χ0) is 20.9. The zero-order valence-corrected chi connectivity index (χ0v) is 18.9. The van der Waals surface area contributed by atoms with E-state index in [-0.39, 0.29) is 0 Å². The van der Waals surface area contributed by atoms with E-state index in [0.717, 1.165) is 38.7 Å². The lowest BCUT2D eigenvalue weighted by Crippen LogP contribution is -2.47. The Morgan fingerprint density at radius 1 is 1.07 bits per heavy atom. The number of hydrogen-bond acceptors (Lipinski definition) is 4. The second kappa shape index (κ2) is 13.6. The van der Waals surface area contributed by atoms with Gasteiger partial charge in [0.2, 0.25) is 0 Å². The molecule has 0 bridgehead atoms. The molecule has 2 N–H and O–H groups in total. The minimum Gasteiger partial charge on any atom is -0.376 e. The van der Waals surface area contributed by atoms with Crippen LogP contribution in [0.2, 0.25) is 0 Å². The van der Waals surface area contributed by atoms with E-state index < -0.39 is 0 Å². The fourth-order valence-corrected chi connectivity index (χ4v) is 3.40. The Kier molecular flexibility index (Phi) is 11.1. The molecule has 1 aromatic carbocycles. The Morgan fingerprint density at radius 3 is 2.48 bits per heavy atom. The van der Waals surface area contributed by atoms with Gasteiger partial charge in [-0.2, -0.15) is 0 Å². The quantitative estimate of drug-likeness (QED) is 0.439. The molecule has 0 aliphatic carbocycles. The van der Waals surface area contributed by atoms with Crippen molar-refractivity contribution in [3.63, 3.8) is 0 Å². The van der Waals surface area contributed by atoms with Crippen LogP contribution >= 0.6 is 0 Å². The second-order valence-corrected chi connectivity index (χ2v) is 8.42. The molecule has 0 saturated carbocycles. The Hall–Kier alpha value is -1.63. The minimum absolute atomic E-state index is 0.386. The lowest BCUT2D eigenvalue weighted by molar-refractivity contribution is 0.0945. The van der Waals surface area contributed by atoms with Gasteiger partial charge < -0.3 is 25.2 Å². The van der Waals surface area contributed by atoms with Crippen LogP contribution in [0.1, 0.15) is 26.3 Å². The lowest BCUT2D eigenvalue weighted by atomic mass is 10.1. The van der Waals surface area contributed by atoms with E-state index in [2.05, 4.69) is 60.4 Å². The molecule has 2 rings (SSSR count). The van der Waals surface area contributed by atoms with Crippen molar-refractivity contribution < 1.29 is 4.74 Å². The molecule has 164 valence electrons. The van der Waals surface area contributed by atoms with Crippen molar-refractivity contribution in [2.24, 2.45) is 16.8 Å². The number of piperazine rings is 1. The largest absolute Gasteiger partial charge is 0.376 e. The Morgan fingerprint density at radius 2 is 1.79 bits per heavy atom. The number of hydrogen-bond donors (Lipinski definition) is 2. The van der Waals surface area contributed by atoms with Crippen LogP contribution in [0.15, 0.2) is 35.3 Å². The fourth-order valence-electron chi connectivity index (χ4n) is 3.40. The first-order valence-electron chi connectivity index (χ1n) is 11.1. The third-order valence-electron chi connectivity index (χ3n) is 5.20. The number of nitrogens with zero attached hydrogens (tertiary/aromatic N) is 3. The van der Waals surface area contributed by atoms with Crippen LogP contribution in [0.3, 0.4) is 0 Å². The summed E-state index contributed by atoms with van der Waals surface area (Å²) in [6.07, 6.45) is 0. The van der Waals surface area contributed by atoms with Gasteiger partial charge in [0.25, 0.3) is 0 Å². The molecule has 6 heteroatoms. The first-order valence-corrected chi connectivity index (χ1v) is 11.1. The highest BCUT2D eigenvalue weighted by atomic mass is 16.5. The van der Waals surface area contributed by atoms with Gasteiger partial charge in [0.05, 0.1) is 13.2 Å². The molecule has 1 aliphatic rings. The summed E-state index contributed by atoms with van der Waals surface area (Å²) in [6.45, 7) is 16.4. The minimum atomic E-state index is 0.386. The van der Waals surface area contributed by atoms with Crippen molar-refractivity contribution in [1.82, 2.24) is 20.4 Å². The molecule has 2 unspecified atom stereocenters. The maximum atomic E-state index is 5.85. The standard InChI is InChI=1S/C23H41N5O/c1-5-24-23(25-15-20(2)17-28-13-11-27(4)12-14-28)26-16-21(3)18-29-19-22-9-7-6-8-10-22/h6-10,20-21H,5,11-19H2,1-4H3,(H2,24,25,26). The Balaban J connectivity index is 1.66. The highest BCUT2D eigenvalue weighted by molar-refractivity contribution is 5.79. The van der Waals surface area contributed by atoms with Crippen LogP contribution in [0.5, 0.6) is 0 Å². The molecule has 0 radical (unpaired) electrons. The summed E-state index contributed by atoms with van der Waals surface area (Å²) in [5, 5.41) is 6.88. The van der Waals surface area contributed by atoms with Crippen LogP contribution in [-0.4, -0.2) is 81.8 Å². The van der Waals surface area contributed by atoms with E-state index in [1.54, 1.807) is 0 Å². The van der Waals surface area contributed by atoms with Crippen LogP contribution in [-0.2, 0) is 11.3 Å². The average Bonchev–Trinajstić information content (AvgIpc) is 2.72. The van der Waals surface area contributed by atoms with Gasteiger partial charge >= 0.3 is 0 Å². The third kappa shape index (κ3) is 10.1. The predicted octanol–water partition coefficient (Wildman–Crippen LogP) is 2.28. The molecule has 2 atom stereocenters. The van der Waals surface area contributed by atoms with Crippen LogP contribution in [0, 0.1) is 11.8 Å². The van der Waals surface area contributed by atoms with Crippen LogP contribution in [0.25, 0.3) is 0 Å². The molecular weight excluding hydrogens is 362 g/mol. The van der Waals surface area contributed by atoms with Gasteiger partial charge in [0.1, 0.15) is 0 Å². The molecule has 0 amide bonds. The summed E-state index contributed by atoms with van der Waals surface area (Å²) in [7, 11) is 2.20. The SMILES string of the molecule is CCNC(=NCC(C)COCc1ccccc1)NCC(C)CN1CCN(C)CC1. The number of guanidine groups is 1. The average molecular weight is 404 g/mol. The van der Waals surface area contributed by atoms with Gasteiger partial charge in [-0.15, -0.1) is 0 Å². The Bertz CT molecular complexity index is 572. The van der Waals surface area contributed by atoms with E-state index in [0.29, 0.717) is 18.4 Å². The number of nitrogens with one attached hydrogen (secondary N) is 2. The zero-order valence-electron chi connectivity index (χ0n) is 18.9. The predicted molar refractivity (Wildman–Crippen MR) is 122 cm³/mol. The number of aliphatic imine (C=N–C) groups is 1. The molecule has 1 heterocycles. The molecule has 0 aromatic heterocycles. The summed E-state index contributed by atoms with van der Waals surface area (Å²) >= 11 is 0. The van der Waals surface area contributed by atoms with Crippen molar-refractivity contribution in [1.29, 1.82) is 0 Å². The van der Waals surface area contributed by atoms with E-state index in [1.807, 2.05) is 18.2 Å². The monoisotopic (exact) mass is 403 g/mol.